The van der Waals surface area contributed by atoms with E-state index in [0.29, 0.717) is 17.5 Å². The van der Waals surface area contributed by atoms with Crippen LogP contribution in [0.4, 0.5) is 0 Å². The number of hydrogen-bond donors (Lipinski definition) is 2. The molecule has 0 bridgehead atoms. The largest absolute Gasteiger partial charge is 0.508 e. The second-order valence-electron chi connectivity index (χ2n) is 4.51. The van der Waals surface area contributed by atoms with Crippen LogP contribution in [0.1, 0.15) is 46.3 Å². The molecule has 1 aromatic carbocycles. The van der Waals surface area contributed by atoms with Crippen molar-refractivity contribution in [2.24, 2.45) is 0 Å². The summed E-state index contributed by atoms with van der Waals surface area (Å²) in [7, 11) is 0. The minimum Gasteiger partial charge on any atom is -0.508 e. The molecule has 0 saturated carbocycles. The molecule has 0 atom stereocenters. The van der Waals surface area contributed by atoms with E-state index in [0.717, 1.165) is 11.1 Å². The number of phenols is 1. The average Bonchev–Trinajstić information content (AvgIpc) is 2.25. The Morgan fingerprint density at radius 1 is 1.11 bits per heavy atom. The monoisotopic (exact) mass is 250 g/mol. The standard InChI is InChI=1S/C14H18O4/c1-8-7-12(16)9(2)10(3)14(8)11(15)5-4-6-13(17)18/h7,16H,4-6H2,1-3H3,(H,17,18). The van der Waals surface area contributed by atoms with E-state index < -0.39 is 5.97 Å². The molecule has 0 fully saturated rings. The zero-order valence-corrected chi connectivity index (χ0v) is 10.9. The molecule has 98 valence electrons. The van der Waals surface area contributed by atoms with Crippen LogP contribution in [0, 0.1) is 20.8 Å². The van der Waals surface area contributed by atoms with E-state index in [1.165, 1.54) is 0 Å². The quantitative estimate of drug-likeness (QED) is 0.788. The van der Waals surface area contributed by atoms with Gasteiger partial charge in [-0.3, -0.25) is 9.59 Å². The van der Waals surface area contributed by atoms with E-state index in [1.54, 1.807) is 26.8 Å². The Labute approximate surface area is 106 Å². The van der Waals surface area contributed by atoms with E-state index in [1.807, 2.05) is 0 Å². The molecule has 0 spiro atoms. The Morgan fingerprint density at radius 2 is 1.72 bits per heavy atom. The van der Waals surface area contributed by atoms with Crippen LogP contribution in [0.15, 0.2) is 6.07 Å². The molecule has 0 amide bonds. The Balaban J connectivity index is 2.92. The molecule has 1 aromatic rings. The van der Waals surface area contributed by atoms with Gasteiger partial charge in [0.05, 0.1) is 0 Å². The first-order valence-electron chi connectivity index (χ1n) is 5.89. The average molecular weight is 250 g/mol. The van der Waals surface area contributed by atoms with Gasteiger partial charge < -0.3 is 10.2 Å². The Bertz CT molecular complexity index is 489. The molecule has 0 aliphatic rings. The molecule has 18 heavy (non-hydrogen) atoms. The fraction of sp³-hybridized carbons (Fsp3) is 0.429. The molecule has 0 radical (unpaired) electrons. The first-order valence-corrected chi connectivity index (χ1v) is 5.89. The van der Waals surface area contributed by atoms with Gasteiger partial charge in [-0.25, -0.2) is 0 Å². The van der Waals surface area contributed by atoms with Crippen LogP contribution in [0.2, 0.25) is 0 Å². The second-order valence-corrected chi connectivity index (χ2v) is 4.51. The fourth-order valence-electron chi connectivity index (χ4n) is 2.02. The molecule has 1 rings (SSSR count). The lowest BCUT2D eigenvalue weighted by Crippen LogP contribution is -2.07. The van der Waals surface area contributed by atoms with E-state index in [-0.39, 0.29) is 24.4 Å². The van der Waals surface area contributed by atoms with E-state index >= 15 is 0 Å². The SMILES string of the molecule is Cc1cc(O)c(C)c(C)c1C(=O)CCCC(=O)O. The highest BCUT2D eigenvalue weighted by atomic mass is 16.4. The lowest BCUT2D eigenvalue weighted by molar-refractivity contribution is -0.137. The van der Waals surface area contributed by atoms with Crippen molar-refractivity contribution in [2.45, 2.75) is 40.0 Å². The summed E-state index contributed by atoms with van der Waals surface area (Å²) in [5, 5.41) is 18.2. The summed E-state index contributed by atoms with van der Waals surface area (Å²) in [6.45, 7) is 5.33. The summed E-state index contributed by atoms with van der Waals surface area (Å²) in [4.78, 5) is 22.5. The van der Waals surface area contributed by atoms with Crippen LogP contribution in [0.25, 0.3) is 0 Å². The van der Waals surface area contributed by atoms with Crippen LogP contribution in [0.3, 0.4) is 0 Å². The summed E-state index contributed by atoms with van der Waals surface area (Å²) in [6, 6.07) is 1.58. The minimum atomic E-state index is -0.891. The Hall–Kier alpha value is -1.84. The third-order valence-electron chi connectivity index (χ3n) is 3.14. The van der Waals surface area contributed by atoms with Gasteiger partial charge in [-0.2, -0.15) is 0 Å². The van der Waals surface area contributed by atoms with Crippen molar-refractivity contribution in [3.05, 3.63) is 28.3 Å². The summed E-state index contributed by atoms with van der Waals surface area (Å²) in [5.41, 5.74) is 2.81. The number of carboxylic acid groups (broad SMARTS) is 1. The zero-order valence-electron chi connectivity index (χ0n) is 10.9. The lowest BCUT2D eigenvalue weighted by atomic mass is 9.92. The highest BCUT2D eigenvalue weighted by Crippen LogP contribution is 2.27. The molecule has 0 aromatic heterocycles. The van der Waals surface area contributed by atoms with Crippen molar-refractivity contribution in [3.8, 4) is 5.75 Å². The van der Waals surface area contributed by atoms with Crippen LogP contribution in [-0.2, 0) is 4.79 Å². The molecule has 0 unspecified atom stereocenters. The highest BCUT2D eigenvalue weighted by Gasteiger charge is 2.16. The number of hydrogen-bond acceptors (Lipinski definition) is 3. The van der Waals surface area contributed by atoms with Gasteiger partial charge in [0.25, 0.3) is 0 Å². The third kappa shape index (κ3) is 3.09. The Kier molecular flexibility index (Phi) is 4.48. The van der Waals surface area contributed by atoms with Gasteiger partial charge in [0, 0.05) is 18.4 Å². The van der Waals surface area contributed by atoms with Crippen LogP contribution in [-0.4, -0.2) is 22.0 Å². The molecule has 0 heterocycles. The number of carbonyl (C=O) groups excluding carboxylic acids is 1. The molecule has 0 aliphatic carbocycles. The zero-order chi connectivity index (χ0) is 13.9. The number of benzene rings is 1. The van der Waals surface area contributed by atoms with E-state index in [4.69, 9.17) is 5.11 Å². The summed E-state index contributed by atoms with van der Waals surface area (Å²) >= 11 is 0. The summed E-state index contributed by atoms with van der Waals surface area (Å²) in [6.07, 6.45) is 0.562. The van der Waals surface area contributed by atoms with Crippen molar-refractivity contribution < 1.29 is 19.8 Å². The first-order chi connectivity index (χ1) is 8.34. The maximum atomic E-state index is 12.1. The predicted octanol–water partition coefficient (Wildman–Crippen LogP) is 2.76. The van der Waals surface area contributed by atoms with Crippen LogP contribution in [0.5, 0.6) is 5.75 Å². The molecule has 0 aliphatic heterocycles. The molecule has 4 nitrogen and oxygen atoms in total. The van der Waals surface area contributed by atoms with Crippen LogP contribution < -0.4 is 0 Å². The minimum absolute atomic E-state index is 0.000894. The lowest BCUT2D eigenvalue weighted by Gasteiger charge is -2.12. The normalized spacial score (nSPS) is 10.4. The van der Waals surface area contributed by atoms with Crippen molar-refractivity contribution in [1.82, 2.24) is 0 Å². The molecular formula is C14H18O4. The predicted molar refractivity (Wildman–Crippen MR) is 68.1 cm³/mol. The first kappa shape index (κ1) is 14.2. The third-order valence-corrected chi connectivity index (χ3v) is 3.14. The number of ketones is 1. The van der Waals surface area contributed by atoms with Gasteiger partial charge in [-0.15, -0.1) is 0 Å². The number of aryl methyl sites for hydroxylation is 1. The maximum absolute atomic E-state index is 12.1. The van der Waals surface area contributed by atoms with Gasteiger partial charge in [0.15, 0.2) is 5.78 Å². The van der Waals surface area contributed by atoms with E-state index in [2.05, 4.69) is 0 Å². The number of aliphatic carboxylic acids is 1. The topological polar surface area (TPSA) is 74.6 Å². The number of phenolic OH excluding ortho intramolecular Hbond substituents is 1. The number of carboxylic acids is 1. The van der Waals surface area contributed by atoms with Crippen molar-refractivity contribution in [2.75, 3.05) is 0 Å². The van der Waals surface area contributed by atoms with Crippen molar-refractivity contribution in [1.29, 1.82) is 0 Å². The van der Waals surface area contributed by atoms with Crippen LogP contribution >= 0.6 is 0 Å². The number of carbonyl (C=O) groups is 2. The van der Waals surface area contributed by atoms with Gasteiger partial charge in [0.2, 0.25) is 0 Å². The van der Waals surface area contributed by atoms with E-state index in [9.17, 15) is 14.7 Å². The number of Topliss-reactive ketones (excluding diaryl/α,β-unsaturated/α-hetero) is 1. The molecule has 0 saturated heterocycles. The smallest absolute Gasteiger partial charge is 0.303 e. The number of aromatic hydroxyl groups is 1. The van der Waals surface area contributed by atoms with Gasteiger partial charge in [-0.1, -0.05) is 0 Å². The van der Waals surface area contributed by atoms with Crippen molar-refractivity contribution in [3.63, 3.8) is 0 Å². The molecule has 2 N–H and O–H groups in total. The van der Waals surface area contributed by atoms with Gasteiger partial charge in [-0.05, 0) is 49.9 Å². The summed E-state index contributed by atoms with van der Waals surface area (Å²) in [5.74, 6) is -0.764. The highest BCUT2D eigenvalue weighted by molar-refractivity contribution is 5.99. The van der Waals surface area contributed by atoms with Crippen molar-refractivity contribution >= 4 is 11.8 Å². The molecule has 4 heteroatoms. The Morgan fingerprint density at radius 3 is 2.28 bits per heavy atom. The van der Waals surface area contributed by atoms with Gasteiger partial charge >= 0.3 is 5.97 Å². The second kappa shape index (κ2) is 5.67. The maximum Gasteiger partial charge on any atom is 0.303 e. The summed E-state index contributed by atoms with van der Waals surface area (Å²) < 4.78 is 0. The molecular weight excluding hydrogens is 232 g/mol. The van der Waals surface area contributed by atoms with Gasteiger partial charge in [0.1, 0.15) is 5.75 Å². The number of rotatable bonds is 5. The fourth-order valence-corrected chi connectivity index (χ4v) is 2.02.